The van der Waals surface area contributed by atoms with Crippen LogP contribution in [-0.2, 0) is 11.3 Å². The van der Waals surface area contributed by atoms with E-state index < -0.39 is 11.7 Å². The third kappa shape index (κ3) is 3.47. The van der Waals surface area contributed by atoms with E-state index >= 15 is 0 Å². The Hall–Kier alpha value is -2.24. The fourth-order valence-corrected chi connectivity index (χ4v) is 2.67. The standard InChI is InChI=1S/C17H13Cl2NO4/c18-11-5-3-8-14(16(11)19)23-15(21)9-4-10-20-12-6-1-2-7-13(12)24-17(20)22/h1-3,5-8H,4,9-10H2. The lowest BCUT2D eigenvalue weighted by molar-refractivity contribution is -0.134. The van der Waals surface area contributed by atoms with Crippen LogP contribution in [0.15, 0.2) is 51.7 Å². The van der Waals surface area contributed by atoms with Gasteiger partial charge in [0.15, 0.2) is 11.3 Å². The SMILES string of the molecule is O=C(CCCn1c(=O)oc2ccccc21)Oc1cccc(Cl)c1Cl. The molecule has 0 saturated heterocycles. The lowest BCUT2D eigenvalue weighted by Gasteiger charge is -2.07. The summed E-state index contributed by atoms with van der Waals surface area (Å²) in [6.07, 6.45) is 0.565. The Kier molecular flexibility index (Phi) is 4.92. The summed E-state index contributed by atoms with van der Waals surface area (Å²) in [5.74, 6) is -0.664. The van der Waals surface area contributed by atoms with Gasteiger partial charge >= 0.3 is 11.7 Å². The van der Waals surface area contributed by atoms with E-state index in [1.165, 1.54) is 4.57 Å². The number of esters is 1. The second-order valence-electron chi connectivity index (χ2n) is 5.12. The van der Waals surface area contributed by atoms with Gasteiger partial charge in [0.05, 0.1) is 10.5 Å². The van der Waals surface area contributed by atoms with Gasteiger partial charge in [-0.05, 0) is 30.7 Å². The third-order valence-electron chi connectivity index (χ3n) is 3.48. The summed E-state index contributed by atoms with van der Waals surface area (Å²) in [5.41, 5.74) is 1.23. The summed E-state index contributed by atoms with van der Waals surface area (Å²) >= 11 is 11.8. The first kappa shape index (κ1) is 16.6. The van der Waals surface area contributed by atoms with E-state index in [0.717, 1.165) is 0 Å². The minimum atomic E-state index is -0.444. The van der Waals surface area contributed by atoms with Crippen molar-refractivity contribution in [3.05, 3.63) is 63.1 Å². The molecule has 0 atom stereocenters. The van der Waals surface area contributed by atoms with Gasteiger partial charge in [0.25, 0.3) is 0 Å². The molecular weight excluding hydrogens is 353 g/mol. The number of oxazole rings is 1. The number of benzene rings is 2. The molecule has 0 aliphatic carbocycles. The zero-order chi connectivity index (χ0) is 17.1. The highest BCUT2D eigenvalue weighted by Crippen LogP contribution is 2.31. The van der Waals surface area contributed by atoms with Crippen molar-refractivity contribution in [1.29, 1.82) is 0 Å². The number of ether oxygens (including phenoxy) is 1. The lowest BCUT2D eigenvalue weighted by Crippen LogP contribution is -2.16. The van der Waals surface area contributed by atoms with E-state index in [1.54, 1.807) is 36.4 Å². The normalized spacial score (nSPS) is 10.9. The maximum absolute atomic E-state index is 11.9. The molecule has 1 heterocycles. The molecule has 0 unspecified atom stereocenters. The molecule has 3 rings (SSSR count). The van der Waals surface area contributed by atoms with E-state index in [2.05, 4.69) is 0 Å². The van der Waals surface area contributed by atoms with Gasteiger partial charge in [-0.1, -0.05) is 41.4 Å². The minimum Gasteiger partial charge on any atom is -0.425 e. The van der Waals surface area contributed by atoms with Crippen molar-refractivity contribution < 1.29 is 13.9 Å². The Balaban J connectivity index is 1.62. The molecule has 0 aliphatic heterocycles. The predicted octanol–water partition coefficient (Wildman–Crippen LogP) is 4.29. The molecule has 0 aliphatic rings. The van der Waals surface area contributed by atoms with Crippen LogP contribution >= 0.6 is 23.2 Å². The average Bonchev–Trinajstić information content (AvgIpc) is 2.88. The van der Waals surface area contributed by atoms with Gasteiger partial charge in [0.2, 0.25) is 0 Å². The molecule has 0 spiro atoms. The fraction of sp³-hybridized carbons (Fsp3) is 0.176. The van der Waals surface area contributed by atoms with E-state index in [-0.39, 0.29) is 17.2 Å². The van der Waals surface area contributed by atoms with E-state index in [9.17, 15) is 9.59 Å². The minimum absolute atomic E-state index is 0.134. The predicted molar refractivity (Wildman–Crippen MR) is 91.8 cm³/mol. The van der Waals surface area contributed by atoms with Crippen LogP contribution in [0.25, 0.3) is 11.1 Å². The number of fused-ring (bicyclic) bond motifs is 1. The van der Waals surface area contributed by atoms with Crippen molar-refractivity contribution in [1.82, 2.24) is 4.57 Å². The molecule has 24 heavy (non-hydrogen) atoms. The molecule has 3 aromatic rings. The summed E-state index contributed by atoms with van der Waals surface area (Å²) in [5, 5.41) is 0.517. The molecule has 7 heteroatoms. The molecule has 0 N–H and O–H groups in total. The molecule has 0 saturated carbocycles. The lowest BCUT2D eigenvalue weighted by atomic mass is 10.3. The summed E-state index contributed by atoms with van der Waals surface area (Å²) < 4.78 is 11.8. The van der Waals surface area contributed by atoms with E-state index in [0.29, 0.717) is 29.1 Å². The van der Waals surface area contributed by atoms with Crippen molar-refractivity contribution in [2.45, 2.75) is 19.4 Å². The number of aryl methyl sites for hydroxylation is 1. The second-order valence-corrected chi connectivity index (χ2v) is 5.90. The van der Waals surface area contributed by atoms with Gasteiger partial charge in [-0.25, -0.2) is 4.79 Å². The van der Waals surface area contributed by atoms with Crippen molar-refractivity contribution in [2.24, 2.45) is 0 Å². The third-order valence-corrected chi connectivity index (χ3v) is 4.28. The zero-order valence-electron chi connectivity index (χ0n) is 12.5. The Morgan fingerprint density at radius 2 is 1.92 bits per heavy atom. The Morgan fingerprint density at radius 3 is 2.75 bits per heavy atom. The molecule has 124 valence electrons. The number of nitrogens with zero attached hydrogens (tertiary/aromatic N) is 1. The second kappa shape index (κ2) is 7.11. The summed E-state index contributed by atoms with van der Waals surface area (Å²) in [4.78, 5) is 23.8. The van der Waals surface area contributed by atoms with Crippen LogP contribution in [0, 0.1) is 0 Å². The molecular formula is C17H13Cl2NO4. The molecule has 5 nitrogen and oxygen atoms in total. The molecule has 0 radical (unpaired) electrons. The summed E-state index contributed by atoms with van der Waals surface area (Å²) in [6.45, 7) is 0.355. The van der Waals surface area contributed by atoms with Crippen molar-refractivity contribution in [3.63, 3.8) is 0 Å². The number of rotatable bonds is 5. The average molecular weight is 366 g/mol. The zero-order valence-corrected chi connectivity index (χ0v) is 14.0. The van der Waals surface area contributed by atoms with Crippen molar-refractivity contribution >= 4 is 40.3 Å². The summed E-state index contributed by atoms with van der Waals surface area (Å²) in [6, 6.07) is 12.0. The number of para-hydroxylation sites is 2. The Labute approximate surface area is 147 Å². The first-order valence-corrected chi connectivity index (χ1v) is 8.05. The molecule has 1 aromatic heterocycles. The highest BCUT2D eigenvalue weighted by molar-refractivity contribution is 6.43. The highest BCUT2D eigenvalue weighted by Gasteiger charge is 2.12. The largest absolute Gasteiger partial charge is 0.425 e. The number of hydrogen-bond acceptors (Lipinski definition) is 4. The van der Waals surface area contributed by atoms with Crippen molar-refractivity contribution in [2.75, 3.05) is 0 Å². The fourth-order valence-electron chi connectivity index (χ4n) is 2.34. The maximum Gasteiger partial charge on any atom is 0.419 e. The van der Waals surface area contributed by atoms with Crippen LogP contribution < -0.4 is 10.5 Å². The van der Waals surface area contributed by atoms with Crippen LogP contribution in [-0.4, -0.2) is 10.5 Å². The number of carbonyl (C=O) groups is 1. The first-order valence-electron chi connectivity index (χ1n) is 7.29. The number of aromatic nitrogens is 1. The molecule has 2 aromatic carbocycles. The van der Waals surface area contributed by atoms with Gasteiger partial charge in [0, 0.05) is 13.0 Å². The van der Waals surface area contributed by atoms with Crippen molar-refractivity contribution in [3.8, 4) is 5.75 Å². The van der Waals surface area contributed by atoms with E-state index in [1.807, 2.05) is 6.07 Å². The van der Waals surface area contributed by atoms with Crippen LogP contribution in [0.5, 0.6) is 5.75 Å². The van der Waals surface area contributed by atoms with Gasteiger partial charge in [-0.15, -0.1) is 0 Å². The molecule has 0 fully saturated rings. The van der Waals surface area contributed by atoms with Crippen LogP contribution in [0.1, 0.15) is 12.8 Å². The van der Waals surface area contributed by atoms with E-state index in [4.69, 9.17) is 32.4 Å². The Bertz CT molecular complexity index is 945. The topological polar surface area (TPSA) is 61.4 Å². The van der Waals surface area contributed by atoms with Gasteiger partial charge in [-0.2, -0.15) is 0 Å². The Morgan fingerprint density at radius 1 is 1.12 bits per heavy atom. The highest BCUT2D eigenvalue weighted by atomic mass is 35.5. The first-order chi connectivity index (χ1) is 11.6. The number of halogens is 2. The monoisotopic (exact) mass is 365 g/mol. The summed E-state index contributed by atoms with van der Waals surface area (Å²) in [7, 11) is 0. The van der Waals surface area contributed by atoms with Crippen LogP contribution in [0.2, 0.25) is 10.0 Å². The molecule has 0 bridgehead atoms. The van der Waals surface area contributed by atoms with Gasteiger partial charge in [-0.3, -0.25) is 9.36 Å². The maximum atomic E-state index is 11.9. The number of carbonyl (C=O) groups excluding carboxylic acids is 1. The van der Waals surface area contributed by atoms with Crippen LogP contribution in [0.4, 0.5) is 0 Å². The van der Waals surface area contributed by atoms with Gasteiger partial charge in [0.1, 0.15) is 5.02 Å². The van der Waals surface area contributed by atoms with Crippen LogP contribution in [0.3, 0.4) is 0 Å². The number of hydrogen-bond donors (Lipinski definition) is 0. The smallest absolute Gasteiger partial charge is 0.419 e. The molecule has 0 amide bonds. The quantitative estimate of drug-likeness (QED) is 0.499. The van der Waals surface area contributed by atoms with Gasteiger partial charge < -0.3 is 9.15 Å².